The Morgan fingerprint density at radius 3 is 2.46 bits per heavy atom. The number of anilines is 1. The molecule has 0 saturated carbocycles. The number of benzene rings is 1. The first-order valence-corrected chi connectivity index (χ1v) is 7.90. The predicted molar refractivity (Wildman–Crippen MR) is 89.6 cm³/mol. The van der Waals surface area contributed by atoms with Crippen LogP contribution in [0.15, 0.2) is 36.7 Å². The van der Waals surface area contributed by atoms with Crippen molar-refractivity contribution in [3.63, 3.8) is 0 Å². The maximum atomic E-state index is 12.3. The van der Waals surface area contributed by atoms with Gasteiger partial charge in [-0.3, -0.25) is 9.48 Å². The number of carboxylic acids is 1. The van der Waals surface area contributed by atoms with E-state index in [0.29, 0.717) is 24.2 Å². The monoisotopic (exact) mass is 328 g/mol. The molecule has 1 aromatic heterocycles. The number of carboxylic acid groups (broad SMARTS) is 1. The van der Waals surface area contributed by atoms with Crippen molar-refractivity contribution in [1.82, 2.24) is 9.78 Å². The molecule has 6 nitrogen and oxygen atoms in total. The second-order valence-electron chi connectivity index (χ2n) is 6.75. The molecular formula is C18H22N3O3-. The number of carbonyl (C=O) groups is 2. The fraction of sp³-hybridized carbons (Fsp3) is 0.389. The highest BCUT2D eigenvalue weighted by atomic mass is 16.4. The zero-order valence-electron chi connectivity index (χ0n) is 14.2. The van der Waals surface area contributed by atoms with Crippen LogP contribution in [0, 0.1) is 0 Å². The molecular weight excluding hydrogens is 306 g/mol. The molecule has 128 valence electrons. The molecule has 6 heteroatoms. The maximum absolute atomic E-state index is 12.3. The van der Waals surface area contributed by atoms with E-state index in [1.54, 1.807) is 29.2 Å². The Labute approximate surface area is 141 Å². The average molecular weight is 328 g/mol. The van der Waals surface area contributed by atoms with E-state index in [1.165, 1.54) is 5.56 Å². The highest BCUT2D eigenvalue weighted by Crippen LogP contribution is 2.22. The van der Waals surface area contributed by atoms with Gasteiger partial charge < -0.3 is 15.2 Å². The molecule has 0 aliphatic heterocycles. The Hall–Kier alpha value is -2.63. The van der Waals surface area contributed by atoms with Gasteiger partial charge in [0.25, 0.3) is 5.91 Å². The Morgan fingerprint density at radius 1 is 1.21 bits per heavy atom. The van der Waals surface area contributed by atoms with E-state index in [1.807, 2.05) is 12.1 Å². The standard InChI is InChI=1S/C18H23N3O3/c1-18(2,3)14-8-6-13(7-9-14)17(24)20-15-11-19-21(12-15)10-4-5-16(22)23/h6-9,11-12H,4-5,10H2,1-3H3,(H,20,24)(H,22,23)/p-1. The quantitative estimate of drug-likeness (QED) is 0.878. The van der Waals surface area contributed by atoms with Crippen LogP contribution in [-0.2, 0) is 16.8 Å². The minimum absolute atomic E-state index is 0.0122. The number of carbonyl (C=O) groups excluding carboxylic acids is 2. The van der Waals surface area contributed by atoms with Gasteiger partial charge in [-0.15, -0.1) is 0 Å². The first kappa shape index (κ1) is 17.7. The number of aromatic nitrogens is 2. The highest BCUT2D eigenvalue weighted by Gasteiger charge is 2.14. The molecule has 2 aromatic rings. The number of rotatable bonds is 6. The van der Waals surface area contributed by atoms with Gasteiger partial charge in [-0.05, 0) is 36.0 Å². The lowest BCUT2D eigenvalue weighted by atomic mass is 9.87. The third-order valence-electron chi connectivity index (χ3n) is 3.67. The summed E-state index contributed by atoms with van der Waals surface area (Å²) in [6, 6.07) is 7.52. The summed E-state index contributed by atoms with van der Waals surface area (Å²) < 4.78 is 1.60. The first-order valence-electron chi connectivity index (χ1n) is 7.90. The van der Waals surface area contributed by atoms with Gasteiger partial charge >= 0.3 is 0 Å². The molecule has 0 bridgehead atoms. The molecule has 0 aliphatic rings. The Balaban J connectivity index is 1.95. The summed E-state index contributed by atoms with van der Waals surface area (Å²) in [5.41, 5.74) is 2.36. The van der Waals surface area contributed by atoms with Crippen molar-refractivity contribution < 1.29 is 14.7 Å². The molecule has 0 saturated heterocycles. The molecule has 0 unspecified atom stereocenters. The topological polar surface area (TPSA) is 87.0 Å². The first-order chi connectivity index (χ1) is 11.3. The molecule has 0 fully saturated rings. The fourth-order valence-electron chi connectivity index (χ4n) is 2.26. The Bertz CT molecular complexity index is 712. The van der Waals surface area contributed by atoms with E-state index in [2.05, 4.69) is 31.2 Å². The van der Waals surface area contributed by atoms with E-state index in [-0.39, 0.29) is 17.7 Å². The van der Waals surface area contributed by atoms with Gasteiger partial charge in [-0.25, -0.2) is 0 Å². The number of nitrogens with zero attached hydrogens (tertiary/aromatic N) is 2. The summed E-state index contributed by atoms with van der Waals surface area (Å²) in [7, 11) is 0. The molecule has 0 spiro atoms. The van der Waals surface area contributed by atoms with Gasteiger partial charge in [-0.1, -0.05) is 32.9 Å². The number of aryl methyl sites for hydroxylation is 1. The molecule has 0 aliphatic carbocycles. The van der Waals surface area contributed by atoms with Crippen molar-refractivity contribution in [2.24, 2.45) is 0 Å². The van der Waals surface area contributed by atoms with E-state index in [9.17, 15) is 14.7 Å². The van der Waals surface area contributed by atoms with E-state index < -0.39 is 5.97 Å². The van der Waals surface area contributed by atoms with Crippen LogP contribution in [0.5, 0.6) is 0 Å². The van der Waals surface area contributed by atoms with Crippen LogP contribution in [0.3, 0.4) is 0 Å². The van der Waals surface area contributed by atoms with Crippen LogP contribution in [-0.4, -0.2) is 21.7 Å². The van der Waals surface area contributed by atoms with Crippen molar-refractivity contribution in [3.8, 4) is 0 Å². The molecule has 24 heavy (non-hydrogen) atoms. The molecule has 1 aromatic carbocycles. The summed E-state index contributed by atoms with van der Waals surface area (Å²) in [6.45, 7) is 6.83. The Kier molecular flexibility index (Phi) is 5.39. The summed E-state index contributed by atoms with van der Waals surface area (Å²) in [6.07, 6.45) is 3.64. The second kappa shape index (κ2) is 7.29. The van der Waals surface area contributed by atoms with Crippen molar-refractivity contribution in [2.75, 3.05) is 5.32 Å². The normalized spacial score (nSPS) is 11.3. The molecule has 0 atom stereocenters. The van der Waals surface area contributed by atoms with Crippen molar-refractivity contribution in [1.29, 1.82) is 0 Å². The zero-order valence-corrected chi connectivity index (χ0v) is 14.2. The number of amides is 1. The van der Waals surface area contributed by atoms with Gasteiger partial charge in [0.2, 0.25) is 0 Å². The summed E-state index contributed by atoms with van der Waals surface area (Å²) in [4.78, 5) is 22.6. The minimum atomic E-state index is -1.07. The van der Waals surface area contributed by atoms with Crippen molar-refractivity contribution in [3.05, 3.63) is 47.8 Å². The van der Waals surface area contributed by atoms with Crippen molar-refractivity contribution in [2.45, 2.75) is 45.6 Å². The number of nitrogens with one attached hydrogen (secondary N) is 1. The van der Waals surface area contributed by atoms with Gasteiger partial charge in [0, 0.05) is 24.3 Å². The minimum Gasteiger partial charge on any atom is -0.550 e. The largest absolute Gasteiger partial charge is 0.550 e. The lowest BCUT2D eigenvalue weighted by Gasteiger charge is -2.18. The molecule has 1 amide bonds. The van der Waals surface area contributed by atoms with Gasteiger partial charge in [0.15, 0.2) is 0 Å². The van der Waals surface area contributed by atoms with Crippen LogP contribution in [0.2, 0.25) is 0 Å². The third kappa shape index (κ3) is 4.94. The summed E-state index contributed by atoms with van der Waals surface area (Å²) in [5.74, 6) is -1.28. The Morgan fingerprint density at radius 2 is 1.88 bits per heavy atom. The molecule has 1 heterocycles. The van der Waals surface area contributed by atoms with Crippen LogP contribution >= 0.6 is 0 Å². The number of hydrogen-bond acceptors (Lipinski definition) is 4. The van der Waals surface area contributed by atoms with E-state index >= 15 is 0 Å². The molecule has 0 radical (unpaired) electrons. The third-order valence-corrected chi connectivity index (χ3v) is 3.67. The smallest absolute Gasteiger partial charge is 0.255 e. The molecule has 2 rings (SSSR count). The summed E-state index contributed by atoms with van der Waals surface area (Å²) in [5, 5.41) is 17.3. The van der Waals surface area contributed by atoms with Crippen LogP contribution in [0.25, 0.3) is 0 Å². The lowest BCUT2D eigenvalue weighted by Crippen LogP contribution is -2.22. The van der Waals surface area contributed by atoms with Gasteiger partial charge in [-0.2, -0.15) is 5.10 Å². The van der Waals surface area contributed by atoms with Gasteiger partial charge in [0.1, 0.15) is 0 Å². The lowest BCUT2D eigenvalue weighted by molar-refractivity contribution is -0.305. The van der Waals surface area contributed by atoms with Crippen LogP contribution in [0.4, 0.5) is 5.69 Å². The summed E-state index contributed by atoms with van der Waals surface area (Å²) >= 11 is 0. The van der Waals surface area contributed by atoms with E-state index in [0.717, 1.165) is 0 Å². The van der Waals surface area contributed by atoms with Gasteiger partial charge in [0.05, 0.1) is 11.9 Å². The number of hydrogen-bond donors (Lipinski definition) is 1. The SMILES string of the molecule is CC(C)(C)c1ccc(C(=O)Nc2cnn(CCCC(=O)[O-])c2)cc1. The van der Waals surface area contributed by atoms with E-state index in [4.69, 9.17) is 0 Å². The zero-order chi connectivity index (χ0) is 17.7. The number of aliphatic carboxylic acids is 1. The highest BCUT2D eigenvalue weighted by molar-refractivity contribution is 6.04. The molecule has 1 N–H and O–H groups in total. The van der Waals surface area contributed by atoms with Crippen molar-refractivity contribution >= 4 is 17.6 Å². The van der Waals surface area contributed by atoms with Crippen LogP contribution in [0.1, 0.15) is 49.5 Å². The second-order valence-corrected chi connectivity index (χ2v) is 6.75. The maximum Gasteiger partial charge on any atom is 0.255 e. The van der Waals surface area contributed by atoms with Crippen LogP contribution < -0.4 is 10.4 Å². The average Bonchev–Trinajstić information content (AvgIpc) is 2.93. The fourth-order valence-corrected chi connectivity index (χ4v) is 2.26. The predicted octanol–water partition coefficient (Wildman–Crippen LogP) is 1.96.